The molecule has 0 bridgehead atoms. The first-order valence-electron chi connectivity index (χ1n) is 7.87. The molecule has 0 radical (unpaired) electrons. The minimum atomic E-state index is -0.128. The summed E-state index contributed by atoms with van der Waals surface area (Å²) in [4.78, 5) is 28.2. The summed E-state index contributed by atoms with van der Waals surface area (Å²) in [5.41, 5.74) is 0.885. The van der Waals surface area contributed by atoms with E-state index in [9.17, 15) is 9.59 Å². The number of amides is 3. The van der Waals surface area contributed by atoms with Gasteiger partial charge >= 0.3 is 6.03 Å². The monoisotopic (exact) mass is 303 g/mol. The van der Waals surface area contributed by atoms with Gasteiger partial charge in [-0.3, -0.25) is 4.79 Å². The van der Waals surface area contributed by atoms with Crippen LogP contribution < -0.4 is 10.2 Å². The number of hydrogen-bond acceptors (Lipinski definition) is 2. The van der Waals surface area contributed by atoms with Crippen molar-refractivity contribution in [1.29, 1.82) is 0 Å². The third-order valence-corrected chi connectivity index (χ3v) is 3.94. The van der Waals surface area contributed by atoms with Crippen LogP contribution in [-0.4, -0.2) is 43.0 Å². The fourth-order valence-corrected chi connectivity index (χ4v) is 2.75. The predicted octanol–water partition coefficient (Wildman–Crippen LogP) is 2.48. The molecule has 5 heteroatoms. The van der Waals surface area contributed by atoms with Gasteiger partial charge in [-0.2, -0.15) is 0 Å². The van der Waals surface area contributed by atoms with Gasteiger partial charge in [0.1, 0.15) is 0 Å². The van der Waals surface area contributed by atoms with Gasteiger partial charge in [0.25, 0.3) is 0 Å². The van der Waals surface area contributed by atoms with E-state index in [-0.39, 0.29) is 23.9 Å². The summed E-state index contributed by atoms with van der Waals surface area (Å²) in [6, 6.07) is 9.64. The Kier molecular flexibility index (Phi) is 5.41. The van der Waals surface area contributed by atoms with Crippen molar-refractivity contribution in [2.45, 2.75) is 32.7 Å². The number of nitrogens with one attached hydrogen (secondary N) is 1. The lowest BCUT2D eigenvalue weighted by atomic mass is 9.96. The van der Waals surface area contributed by atoms with E-state index < -0.39 is 0 Å². The van der Waals surface area contributed by atoms with Crippen molar-refractivity contribution >= 4 is 17.6 Å². The van der Waals surface area contributed by atoms with Gasteiger partial charge < -0.3 is 15.1 Å². The van der Waals surface area contributed by atoms with E-state index in [1.165, 1.54) is 0 Å². The van der Waals surface area contributed by atoms with Crippen LogP contribution in [0.1, 0.15) is 26.7 Å². The average molecular weight is 303 g/mol. The molecule has 1 atom stereocenters. The highest BCUT2D eigenvalue weighted by Gasteiger charge is 2.30. The molecule has 120 valence electrons. The van der Waals surface area contributed by atoms with Gasteiger partial charge in [-0.1, -0.05) is 18.2 Å². The molecular formula is C17H25N3O2. The Morgan fingerprint density at radius 3 is 2.59 bits per heavy atom. The van der Waals surface area contributed by atoms with Gasteiger partial charge in [0.05, 0.1) is 5.92 Å². The lowest BCUT2D eigenvalue weighted by Crippen LogP contribution is -2.50. The second-order valence-corrected chi connectivity index (χ2v) is 6.12. The summed E-state index contributed by atoms with van der Waals surface area (Å²) in [5.74, 6) is -0.0508. The number of piperidine rings is 1. The van der Waals surface area contributed by atoms with Gasteiger partial charge in [-0.25, -0.2) is 4.79 Å². The number of nitrogens with zero attached hydrogens (tertiary/aromatic N) is 2. The van der Waals surface area contributed by atoms with Crippen LogP contribution in [0.2, 0.25) is 0 Å². The summed E-state index contributed by atoms with van der Waals surface area (Å²) in [6.07, 6.45) is 1.70. The van der Waals surface area contributed by atoms with E-state index in [4.69, 9.17) is 0 Å². The highest BCUT2D eigenvalue weighted by atomic mass is 16.2. The fourth-order valence-electron chi connectivity index (χ4n) is 2.75. The molecule has 3 amide bonds. The molecule has 1 aromatic rings. The molecule has 0 spiro atoms. The van der Waals surface area contributed by atoms with Crippen LogP contribution in [0.3, 0.4) is 0 Å². The molecule has 0 aliphatic carbocycles. The number of hydrogen-bond donors (Lipinski definition) is 1. The first-order valence-corrected chi connectivity index (χ1v) is 7.87. The van der Waals surface area contributed by atoms with Crippen LogP contribution in [0, 0.1) is 5.92 Å². The molecule has 5 nitrogen and oxygen atoms in total. The Hall–Kier alpha value is -2.04. The molecule has 0 aromatic heterocycles. The maximum absolute atomic E-state index is 12.7. The average Bonchev–Trinajstić information content (AvgIpc) is 2.54. The fraction of sp³-hybridized carbons (Fsp3) is 0.529. The molecular weight excluding hydrogens is 278 g/mol. The SMILES string of the molecule is CC(C)NC(=O)N1CCCC(C(=O)N(C)c2ccccc2)C1. The zero-order valence-corrected chi connectivity index (χ0v) is 13.6. The first kappa shape index (κ1) is 16.3. The van der Waals surface area contributed by atoms with Crippen LogP contribution >= 0.6 is 0 Å². The lowest BCUT2D eigenvalue weighted by molar-refractivity contribution is -0.123. The van der Waals surface area contributed by atoms with Crippen molar-refractivity contribution < 1.29 is 9.59 Å². The number of para-hydroxylation sites is 1. The smallest absolute Gasteiger partial charge is 0.317 e. The van der Waals surface area contributed by atoms with Crippen LogP contribution in [0.25, 0.3) is 0 Å². The minimum Gasteiger partial charge on any atom is -0.336 e. The summed E-state index contributed by atoms with van der Waals surface area (Å²) in [6.45, 7) is 5.09. The molecule has 1 heterocycles. The van der Waals surface area contributed by atoms with Crippen molar-refractivity contribution in [2.75, 3.05) is 25.0 Å². The molecule has 1 aromatic carbocycles. The molecule has 0 saturated carbocycles. The predicted molar refractivity (Wildman–Crippen MR) is 87.8 cm³/mol. The van der Waals surface area contributed by atoms with Crippen molar-refractivity contribution in [1.82, 2.24) is 10.2 Å². The van der Waals surface area contributed by atoms with E-state index in [1.54, 1.807) is 16.8 Å². The van der Waals surface area contributed by atoms with Gasteiger partial charge in [0, 0.05) is 31.9 Å². The van der Waals surface area contributed by atoms with E-state index in [0.717, 1.165) is 25.1 Å². The van der Waals surface area contributed by atoms with E-state index in [2.05, 4.69) is 5.32 Å². The standard InChI is InChI=1S/C17H25N3O2/c1-13(2)18-17(22)20-11-7-8-14(12-20)16(21)19(3)15-9-5-4-6-10-15/h4-6,9-10,13-14H,7-8,11-12H2,1-3H3,(H,18,22). The first-order chi connectivity index (χ1) is 10.5. The summed E-state index contributed by atoms with van der Waals surface area (Å²) < 4.78 is 0. The second kappa shape index (κ2) is 7.29. The molecule has 22 heavy (non-hydrogen) atoms. The summed E-state index contributed by atoms with van der Waals surface area (Å²) in [7, 11) is 1.80. The number of carbonyl (C=O) groups excluding carboxylic acids is 2. The Balaban J connectivity index is 1.99. The maximum atomic E-state index is 12.7. The minimum absolute atomic E-state index is 0.0742. The third kappa shape index (κ3) is 4.00. The zero-order chi connectivity index (χ0) is 16.1. The third-order valence-electron chi connectivity index (χ3n) is 3.94. The quantitative estimate of drug-likeness (QED) is 0.932. The Morgan fingerprint density at radius 1 is 1.27 bits per heavy atom. The van der Waals surface area contributed by atoms with Crippen molar-refractivity contribution in [3.05, 3.63) is 30.3 Å². The van der Waals surface area contributed by atoms with E-state index >= 15 is 0 Å². The van der Waals surface area contributed by atoms with Crippen LogP contribution in [-0.2, 0) is 4.79 Å². The van der Waals surface area contributed by atoms with Crippen molar-refractivity contribution in [3.8, 4) is 0 Å². The van der Waals surface area contributed by atoms with Crippen LogP contribution in [0.5, 0.6) is 0 Å². The molecule has 2 rings (SSSR count). The molecule has 1 N–H and O–H groups in total. The van der Waals surface area contributed by atoms with E-state index in [1.807, 2.05) is 44.2 Å². The number of rotatable bonds is 3. The largest absolute Gasteiger partial charge is 0.336 e. The normalized spacial score (nSPS) is 18.2. The highest BCUT2D eigenvalue weighted by Crippen LogP contribution is 2.21. The van der Waals surface area contributed by atoms with Gasteiger partial charge in [0.2, 0.25) is 5.91 Å². The molecule has 1 aliphatic heterocycles. The molecule has 1 fully saturated rings. The number of benzene rings is 1. The number of likely N-dealkylation sites (tertiary alicyclic amines) is 1. The maximum Gasteiger partial charge on any atom is 0.317 e. The van der Waals surface area contributed by atoms with Gasteiger partial charge in [0.15, 0.2) is 0 Å². The van der Waals surface area contributed by atoms with E-state index in [0.29, 0.717) is 6.54 Å². The molecule has 1 aliphatic rings. The van der Waals surface area contributed by atoms with Gasteiger partial charge in [-0.15, -0.1) is 0 Å². The summed E-state index contributed by atoms with van der Waals surface area (Å²) in [5, 5.41) is 2.89. The van der Waals surface area contributed by atoms with Crippen LogP contribution in [0.4, 0.5) is 10.5 Å². The Labute approximate surface area is 132 Å². The molecule has 1 unspecified atom stereocenters. The second-order valence-electron chi connectivity index (χ2n) is 6.12. The van der Waals surface area contributed by atoms with Gasteiger partial charge in [-0.05, 0) is 38.8 Å². The number of urea groups is 1. The zero-order valence-electron chi connectivity index (χ0n) is 13.6. The topological polar surface area (TPSA) is 52.7 Å². The Bertz CT molecular complexity index is 516. The summed E-state index contributed by atoms with van der Waals surface area (Å²) >= 11 is 0. The van der Waals surface area contributed by atoms with Crippen molar-refractivity contribution in [3.63, 3.8) is 0 Å². The molecule has 1 saturated heterocycles. The van der Waals surface area contributed by atoms with Crippen molar-refractivity contribution in [2.24, 2.45) is 5.92 Å². The lowest BCUT2D eigenvalue weighted by Gasteiger charge is -2.34. The Morgan fingerprint density at radius 2 is 1.95 bits per heavy atom. The highest BCUT2D eigenvalue weighted by molar-refractivity contribution is 5.95. The number of carbonyl (C=O) groups is 2. The van der Waals surface area contributed by atoms with Crippen LogP contribution in [0.15, 0.2) is 30.3 Å². The number of anilines is 1.